The molecule has 0 aliphatic heterocycles. The summed E-state index contributed by atoms with van der Waals surface area (Å²) in [4.78, 5) is 27.2. The van der Waals surface area contributed by atoms with E-state index in [0.717, 1.165) is 28.6 Å². The number of aromatic amines is 1. The van der Waals surface area contributed by atoms with Crippen LogP contribution in [0.5, 0.6) is 5.75 Å². The number of carbonyl (C=O) groups excluding carboxylic acids is 2. The zero-order valence-corrected chi connectivity index (χ0v) is 14.4. The summed E-state index contributed by atoms with van der Waals surface area (Å²) in [6.45, 7) is 2.40. The standard InChI is InChI=1S/C18H25N3O3/c1-4-5-16(19-2)17(22)18(23)20-9-8-12-11-21-15-7-6-13(24-3)10-14(12)15/h6-7,10-11,16,19,21H,4-5,8-9H2,1-3H3,(H,20,23). The predicted octanol–water partition coefficient (Wildman–Crippen LogP) is 1.79. The van der Waals surface area contributed by atoms with Gasteiger partial charge in [0.05, 0.1) is 13.2 Å². The van der Waals surface area contributed by atoms with Gasteiger partial charge in [-0.3, -0.25) is 9.59 Å². The van der Waals surface area contributed by atoms with Crippen LogP contribution in [0.4, 0.5) is 0 Å². The lowest BCUT2D eigenvalue weighted by Gasteiger charge is -2.13. The van der Waals surface area contributed by atoms with Crippen LogP contribution in [0.1, 0.15) is 25.3 Å². The smallest absolute Gasteiger partial charge is 0.289 e. The van der Waals surface area contributed by atoms with Crippen molar-refractivity contribution in [3.05, 3.63) is 30.0 Å². The van der Waals surface area contributed by atoms with Crippen molar-refractivity contribution in [2.45, 2.75) is 32.2 Å². The maximum absolute atomic E-state index is 12.1. The van der Waals surface area contributed by atoms with E-state index in [4.69, 9.17) is 4.74 Å². The lowest BCUT2D eigenvalue weighted by Crippen LogP contribution is -2.44. The molecule has 1 aromatic heterocycles. The van der Waals surface area contributed by atoms with Crippen LogP contribution in [0.3, 0.4) is 0 Å². The maximum Gasteiger partial charge on any atom is 0.289 e. The molecule has 2 rings (SSSR count). The molecule has 6 nitrogen and oxygen atoms in total. The number of nitrogens with one attached hydrogen (secondary N) is 3. The molecule has 2 aromatic rings. The summed E-state index contributed by atoms with van der Waals surface area (Å²) in [6, 6.07) is 5.41. The number of H-pyrrole nitrogens is 1. The van der Waals surface area contributed by atoms with Gasteiger partial charge in [0, 0.05) is 23.6 Å². The molecule has 0 fully saturated rings. The molecule has 1 amide bonds. The molecule has 0 spiro atoms. The van der Waals surface area contributed by atoms with Gasteiger partial charge in [-0.2, -0.15) is 0 Å². The Bertz CT molecular complexity index is 709. The molecule has 3 N–H and O–H groups in total. The van der Waals surface area contributed by atoms with Gasteiger partial charge in [-0.15, -0.1) is 0 Å². The van der Waals surface area contributed by atoms with Crippen molar-refractivity contribution in [2.24, 2.45) is 0 Å². The average Bonchev–Trinajstić information content (AvgIpc) is 3.01. The van der Waals surface area contributed by atoms with E-state index in [-0.39, 0.29) is 0 Å². The zero-order chi connectivity index (χ0) is 17.5. The number of ketones is 1. The number of aromatic nitrogens is 1. The molecule has 0 bridgehead atoms. The number of hydrogen-bond donors (Lipinski definition) is 3. The molecule has 0 saturated heterocycles. The minimum Gasteiger partial charge on any atom is -0.497 e. The number of fused-ring (bicyclic) bond motifs is 1. The predicted molar refractivity (Wildman–Crippen MR) is 94.3 cm³/mol. The van der Waals surface area contributed by atoms with E-state index >= 15 is 0 Å². The Labute approximate surface area is 142 Å². The Morgan fingerprint density at radius 3 is 2.79 bits per heavy atom. The van der Waals surface area contributed by atoms with Gasteiger partial charge in [0.25, 0.3) is 5.91 Å². The van der Waals surface area contributed by atoms with Gasteiger partial charge >= 0.3 is 0 Å². The van der Waals surface area contributed by atoms with Gasteiger partial charge in [0.2, 0.25) is 5.78 Å². The molecule has 0 aliphatic rings. The summed E-state index contributed by atoms with van der Waals surface area (Å²) >= 11 is 0. The zero-order valence-electron chi connectivity index (χ0n) is 14.4. The highest BCUT2D eigenvalue weighted by Gasteiger charge is 2.22. The fourth-order valence-electron chi connectivity index (χ4n) is 2.74. The number of carbonyl (C=O) groups is 2. The first-order chi connectivity index (χ1) is 11.6. The topological polar surface area (TPSA) is 83.2 Å². The first-order valence-corrected chi connectivity index (χ1v) is 8.24. The Balaban J connectivity index is 1.94. The molecule has 1 atom stereocenters. The van der Waals surface area contributed by atoms with E-state index in [9.17, 15) is 9.59 Å². The van der Waals surface area contributed by atoms with Crippen molar-refractivity contribution in [1.82, 2.24) is 15.6 Å². The maximum atomic E-state index is 12.1. The molecule has 130 valence electrons. The number of methoxy groups -OCH3 is 1. The molecule has 1 aromatic carbocycles. The first-order valence-electron chi connectivity index (χ1n) is 8.24. The number of amides is 1. The summed E-state index contributed by atoms with van der Waals surface area (Å²) in [7, 11) is 3.33. The SMILES string of the molecule is CCCC(NC)C(=O)C(=O)NCCc1c[nH]c2ccc(OC)cc12. The largest absolute Gasteiger partial charge is 0.497 e. The molecule has 0 radical (unpaired) electrons. The van der Waals surface area contributed by atoms with Crippen LogP contribution in [-0.2, 0) is 16.0 Å². The second-order valence-corrected chi connectivity index (χ2v) is 5.73. The second kappa shape index (κ2) is 8.49. The van der Waals surface area contributed by atoms with E-state index in [1.165, 1.54) is 0 Å². The molecule has 1 unspecified atom stereocenters. The van der Waals surface area contributed by atoms with E-state index in [1.807, 2.05) is 31.3 Å². The second-order valence-electron chi connectivity index (χ2n) is 5.73. The van der Waals surface area contributed by atoms with Crippen molar-refractivity contribution in [3.63, 3.8) is 0 Å². The lowest BCUT2D eigenvalue weighted by atomic mass is 10.1. The van der Waals surface area contributed by atoms with Crippen LogP contribution in [0.15, 0.2) is 24.4 Å². The highest BCUT2D eigenvalue weighted by molar-refractivity contribution is 6.38. The molecular weight excluding hydrogens is 306 g/mol. The lowest BCUT2D eigenvalue weighted by molar-refractivity contribution is -0.139. The van der Waals surface area contributed by atoms with Crippen LogP contribution in [0.2, 0.25) is 0 Å². The van der Waals surface area contributed by atoms with E-state index in [1.54, 1.807) is 14.2 Å². The van der Waals surface area contributed by atoms with Gasteiger partial charge in [0.15, 0.2) is 0 Å². The first kappa shape index (κ1) is 18.0. The molecular formula is C18H25N3O3. The summed E-state index contributed by atoms with van der Waals surface area (Å²) < 4.78 is 5.25. The number of ether oxygens (including phenoxy) is 1. The van der Waals surface area contributed by atoms with E-state index < -0.39 is 17.7 Å². The third-order valence-electron chi connectivity index (χ3n) is 4.12. The minimum atomic E-state index is -0.528. The van der Waals surface area contributed by atoms with Crippen molar-refractivity contribution in [2.75, 3.05) is 20.7 Å². The van der Waals surface area contributed by atoms with Crippen LogP contribution in [0, 0.1) is 0 Å². The van der Waals surface area contributed by atoms with Gasteiger partial charge in [-0.1, -0.05) is 13.3 Å². The number of hydrogen-bond acceptors (Lipinski definition) is 4. The third kappa shape index (κ3) is 4.14. The minimum absolute atomic E-state index is 0.403. The summed E-state index contributed by atoms with van der Waals surface area (Å²) in [5.74, 6) is -0.140. The van der Waals surface area contributed by atoms with Gasteiger partial charge < -0.3 is 20.4 Å². The molecule has 6 heteroatoms. The van der Waals surface area contributed by atoms with Crippen LogP contribution in [0.25, 0.3) is 10.9 Å². The van der Waals surface area contributed by atoms with Gasteiger partial charge in [0.1, 0.15) is 5.75 Å². The Hall–Kier alpha value is -2.34. The van der Waals surface area contributed by atoms with Crippen molar-refractivity contribution < 1.29 is 14.3 Å². The quantitative estimate of drug-likeness (QED) is 0.612. The van der Waals surface area contributed by atoms with Crippen LogP contribution < -0.4 is 15.4 Å². The monoisotopic (exact) mass is 331 g/mol. The van der Waals surface area contributed by atoms with Crippen molar-refractivity contribution in [3.8, 4) is 5.75 Å². The highest BCUT2D eigenvalue weighted by atomic mass is 16.5. The van der Waals surface area contributed by atoms with Crippen LogP contribution >= 0.6 is 0 Å². The summed E-state index contributed by atoms with van der Waals surface area (Å²) in [5.41, 5.74) is 2.10. The number of rotatable bonds is 9. The summed E-state index contributed by atoms with van der Waals surface area (Å²) in [5, 5.41) is 6.67. The molecule has 0 aliphatic carbocycles. The molecule has 0 saturated carbocycles. The van der Waals surface area contributed by atoms with Gasteiger partial charge in [-0.25, -0.2) is 0 Å². The van der Waals surface area contributed by atoms with Crippen molar-refractivity contribution in [1.29, 1.82) is 0 Å². The van der Waals surface area contributed by atoms with Crippen molar-refractivity contribution >= 4 is 22.6 Å². The van der Waals surface area contributed by atoms with E-state index in [2.05, 4.69) is 15.6 Å². The number of benzene rings is 1. The Morgan fingerprint density at radius 1 is 1.33 bits per heavy atom. The number of likely N-dealkylation sites (N-methyl/N-ethyl adjacent to an activating group) is 1. The average molecular weight is 331 g/mol. The van der Waals surface area contributed by atoms with Gasteiger partial charge in [-0.05, 0) is 43.7 Å². The fraction of sp³-hybridized carbons (Fsp3) is 0.444. The Kier molecular flexibility index (Phi) is 6.37. The number of Topliss-reactive ketones (excluding diaryl/α,β-unsaturated/α-hetero) is 1. The molecule has 24 heavy (non-hydrogen) atoms. The van der Waals surface area contributed by atoms with Crippen LogP contribution in [-0.4, -0.2) is 43.4 Å². The molecule has 1 heterocycles. The fourth-order valence-corrected chi connectivity index (χ4v) is 2.74. The highest BCUT2D eigenvalue weighted by Crippen LogP contribution is 2.23. The normalized spacial score (nSPS) is 12.1. The third-order valence-corrected chi connectivity index (χ3v) is 4.12. The Morgan fingerprint density at radius 2 is 2.12 bits per heavy atom. The van der Waals surface area contributed by atoms with E-state index in [0.29, 0.717) is 19.4 Å². The summed E-state index contributed by atoms with van der Waals surface area (Å²) in [6.07, 6.45) is 4.07.